The zero-order valence-electron chi connectivity index (χ0n) is 17.5. The molecule has 0 saturated carbocycles. The maximum Gasteiger partial charge on any atom is 0.224 e. The molecule has 0 radical (unpaired) electrons. The van der Waals surface area contributed by atoms with E-state index in [2.05, 4.69) is 20.4 Å². The van der Waals surface area contributed by atoms with E-state index in [1.54, 1.807) is 35.4 Å². The number of rotatable bonds is 7. The second-order valence-corrected chi connectivity index (χ2v) is 8.37. The third kappa shape index (κ3) is 4.42. The van der Waals surface area contributed by atoms with Crippen LogP contribution in [0.4, 0.5) is 5.69 Å². The molecule has 0 bridgehead atoms. The van der Waals surface area contributed by atoms with Gasteiger partial charge in [0.05, 0.1) is 22.3 Å². The maximum absolute atomic E-state index is 12.8. The average molecular weight is 454 g/mol. The van der Waals surface area contributed by atoms with Crippen molar-refractivity contribution in [1.29, 1.82) is 0 Å². The quantitative estimate of drug-likeness (QED) is 0.362. The molecule has 0 aliphatic carbocycles. The Balaban J connectivity index is 1.38. The molecular formula is C25H19N5O2S. The molecule has 0 aliphatic heterocycles. The third-order valence-electron chi connectivity index (χ3n) is 5.20. The molecule has 0 fully saturated rings. The van der Waals surface area contributed by atoms with Gasteiger partial charge in [-0.1, -0.05) is 24.3 Å². The SMILES string of the molecule is O=C(CCc1cccnc1)Nc1cccc(-c2ccnc3c(C(=O)c4cccs4)cnn23)c1. The number of carbonyl (C=O) groups excluding carboxylic acids is 2. The van der Waals surface area contributed by atoms with E-state index >= 15 is 0 Å². The molecule has 0 aliphatic rings. The second-order valence-electron chi connectivity index (χ2n) is 7.42. The Morgan fingerprint density at radius 1 is 1.00 bits per heavy atom. The van der Waals surface area contributed by atoms with Crippen molar-refractivity contribution in [2.45, 2.75) is 12.8 Å². The Morgan fingerprint density at radius 3 is 2.76 bits per heavy atom. The molecule has 162 valence electrons. The molecule has 5 aromatic rings. The highest BCUT2D eigenvalue weighted by atomic mass is 32.1. The topological polar surface area (TPSA) is 89.2 Å². The molecule has 0 saturated heterocycles. The van der Waals surface area contributed by atoms with Crippen molar-refractivity contribution in [3.05, 3.63) is 101 Å². The lowest BCUT2D eigenvalue weighted by Gasteiger charge is -2.09. The number of anilines is 1. The van der Waals surface area contributed by atoms with E-state index in [-0.39, 0.29) is 11.7 Å². The van der Waals surface area contributed by atoms with Gasteiger partial charge in [0.15, 0.2) is 5.65 Å². The summed E-state index contributed by atoms with van der Waals surface area (Å²) in [5, 5.41) is 9.25. The van der Waals surface area contributed by atoms with E-state index in [0.717, 1.165) is 16.8 Å². The number of aryl methyl sites for hydroxylation is 1. The van der Waals surface area contributed by atoms with Crippen LogP contribution in [0.25, 0.3) is 16.9 Å². The number of amides is 1. The number of benzene rings is 1. The Hall–Kier alpha value is -4.17. The summed E-state index contributed by atoms with van der Waals surface area (Å²) >= 11 is 1.39. The molecule has 8 heteroatoms. The van der Waals surface area contributed by atoms with Gasteiger partial charge in [0.1, 0.15) is 0 Å². The first-order valence-corrected chi connectivity index (χ1v) is 11.3. The summed E-state index contributed by atoms with van der Waals surface area (Å²) in [5.74, 6) is -0.168. The van der Waals surface area contributed by atoms with Crippen molar-refractivity contribution in [2.75, 3.05) is 5.32 Å². The number of pyridine rings is 1. The van der Waals surface area contributed by atoms with E-state index in [1.807, 2.05) is 53.9 Å². The van der Waals surface area contributed by atoms with Gasteiger partial charge in [-0.3, -0.25) is 14.6 Å². The van der Waals surface area contributed by atoms with E-state index in [9.17, 15) is 9.59 Å². The number of nitrogens with one attached hydrogen (secondary N) is 1. The van der Waals surface area contributed by atoms with Crippen LogP contribution >= 0.6 is 11.3 Å². The predicted octanol–water partition coefficient (Wildman–Crippen LogP) is 4.66. The van der Waals surface area contributed by atoms with E-state index in [1.165, 1.54) is 11.3 Å². The van der Waals surface area contributed by atoms with Crippen molar-refractivity contribution >= 4 is 34.4 Å². The van der Waals surface area contributed by atoms with Crippen LogP contribution < -0.4 is 5.32 Å². The van der Waals surface area contributed by atoms with Crippen LogP contribution in [0.1, 0.15) is 27.2 Å². The smallest absolute Gasteiger partial charge is 0.224 e. The van der Waals surface area contributed by atoms with Crippen LogP contribution in [-0.2, 0) is 11.2 Å². The minimum Gasteiger partial charge on any atom is -0.326 e. The number of carbonyl (C=O) groups is 2. The summed E-state index contributed by atoms with van der Waals surface area (Å²) in [6, 6.07) is 16.8. The van der Waals surface area contributed by atoms with Gasteiger partial charge in [0, 0.05) is 36.3 Å². The molecule has 0 spiro atoms. The fraction of sp³-hybridized carbons (Fsp3) is 0.0800. The number of nitrogens with zero attached hydrogens (tertiary/aromatic N) is 4. The lowest BCUT2D eigenvalue weighted by atomic mass is 10.1. The Kier molecular flexibility index (Phi) is 5.73. The van der Waals surface area contributed by atoms with Crippen molar-refractivity contribution < 1.29 is 9.59 Å². The highest BCUT2D eigenvalue weighted by Gasteiger charge is 2.18. The van der Waals surface area contributed by atoms with Crippen molar-refractivity contribution in [2.24, 2.45) is 0 Å². The first-order valence-electron chi connectivity index (χ1n) is 10.4. The van der Waals surface area contributed by atoms with Crippen LogP contribution in [0.5, 0.6) is 0 Å². The lowest BCUT2D eigenvalue weighted by Crippen LogP contribution is -2.12. The first kappa shape index (κ1) is 20.7. The van der Waals surface area contributed by atoms with Crippen LogP contribution in [0, 0.1) is 0 Å². The molecule has 0 unspecified atom stereocenters. The van der Waals surface area contributed by atoms with Gasteiger partial charge in [-0.25, -0.2) is 9.50 Å². The second kappa shape index (κ2) is 9.13. The number of hydrogen-bond donors (Lipinski definition) is 1. The molecule has 4 aromatic heterocycles. The number of aromatic nitrogens is 4. The van der Waals surface area contributed by atoms with Gasteiger partial charge in [-0.05, 0) is 47.7 Å². The summed E-state index contributed by atoms with van der Waals surface area (Å²) in [6.07, 6.45) is 7.69. The predicted molar refractivity (Wildman–Crippen MR) is 127 cm³/mol. The zero-order chi connectivity index (χ0) is 22.6. The number of fused-ring (bicyclic) bond motifs is 1. The number of ketones is 1. The molecule has 1 aromatic carbocycles. The van der Waals surface area contributed by atoms with E-state index in [4.69, 9.17) is 0 Å². The van der Waals surface area contributed by atoms with Crippen LogP contribution in [0.2, 0.25) is 0 Å². The fourth-order valence-corrected chi connectivity index (χ4v) is 4.27. The largest absolute Gasteiger partial charge is 0.326 e. The number of thiophene rings is 1. The van der Waals surface area contributed by atoms with Gasteiger partial charge in [-0.2, -0.15) is 5.10 Å². The lowest BCUT2D eigenvalue weighted by molar-refractivity contribution is -0.116. The van der Waals surface area contributed by atoms with Gasteiger partial charge in [-0.15, -0.1) is 11.3 Å². The molecule has 33 heavy (non-hydrogen) atoms. The monoisotopic (exact) mass is 453 g/mol. The van der Waals surface area contributed by atoms with Crippen LogP contribution in [0.3, 0.4) is 0 Å². The minimum atomic E-state index is -0.0979. The average Bonchev–Trinajstić information content (AvgIpc) is 3.54. The zero-order valence-corrected chi connectivity index (χ0v) is 18.3. The molecule has 1 amide bonds. The Labute approximate surface area is 193 Å². The van der Waals surface area contributed by atoms with Gasteiger partial charge in [0.2, 0.25) is 11.7 Å². The van der Waals surface area contributed by atoms with Crippen molar-refractivity contribution in [3.63, 3.8) is 0 Å². The third-order valence-corrected chi connectivity index (χ3v) is 6.07. The van der Waals surface area contributed by atoms with Crippen LogP contribution in [-0.4, -0.2) is 31.3 Å². The molecular weight excluding hydrogens is 434 g/mol. The molecule has 4 heterocycles. The van der Waals surface area contributed by atoms with Crippen molar-refractivity contribution in [3.8, 4) is 11.3 Å². The first-order chi connectivity index (χ1) is 16.2. The van der Waals surface area contributed by atoms with Crippen LogP contribution in [0.15, 0.2) is 84.8 Å². The fourth-order valence-electron chi connectivity index (χ4n) is 3.59. The molecule has 7 nitrogen and oxygen atoms in total. The summed E-state index contributed by atoms with van der Waals surface area (Å²) in [5.41, 5.74) is 4.29. The Bertz CT molecular complexity index is 1430. The normalized spacial score (nSPS) is 10.9. The molecule has 5 rings (SSSR count). The number of hydrogen-bond acceptors (Lipinski definition) is 6. The van der Waals surface area contributed by atoms with E-state index < -0.39 is 0 Å². The van der Waals surface area contributed by atoms with Crippen molar-refractivity contribution in [1.82, 2.24) is 19.6 Å². The summed E-state index contributed by atoms with van der Waals surface area (Å²) in [4.78, 5) is 34.4. The summed E-state index contributed by atoms with van der Waals surface area (Å²) in [6.45, 7) is 0. The van der Waals surface area contributed by atoms with E-state index in [0.29, 0.717) is 34.6 Å². The van der Waals surface area contributed by atoms with Gasteiger partial charge >= 0.3 is 0 Å². The highest BCUT2D eigenvalue weighted by Crippen LogP contribution is 2.25. The highest BCUT2D eigenvalue weighted by molar-refractivity contribution is 7.12. The molecule has 1 N–H and O–H groups in total. The summed E-state index contributed by atoms with van der Waals surface area (Å²) in [7, 11) is 0. The molecule has 0 atom stereocenters. The minimum absolute atomic E-state index is 0.0706. The summed E-state index contributed by atoms with van der Waals surface area (Å²) < 4.78 is 1.66. The van der Waals surface area contributed by atoms with Gasteiger partial charge in [0.25, 0.3) is 0 Å². The van der Waals surface area contributed by atoms with Gasteiger partial charge < -0.3 is 5.32 Å². The standard InChI is InChI=1S/C25H19N5O2S/c31-23(9-8-17-4-2-11-26-15-17)29-19-6-1-5-18(14-19)21-10-12-27-25-20(16-28-30(21)25)24(32)22-7-3-13-33-22/h1-7,10-16H,8-9H2,(H,29,31). The Morgan fingerprint density at radius 2 is 1.94 bits per heavy atom. The maximum atomic E-state index is 12.8.